The van der Waals surface area contributed by atoms with Crippen LogP contribution in [0.2, 0.25) is 0 Å². The van der Waals surface area contributed by atoms with Gasteiger partial charge in [-0.2, -0.15) is 6.08 Å². The fraction of sp³-hybridized carbons (Fsp3) is 0.286. The Morgan fingerprint density at radius 3 is 2.09 bits per heavy atom. The van der Waals surface area contributed by atoms with Crippen LogP contribution in [-0.4, -0.2) is 4.84 Å². The van der Waals surface area contributed by atoms with E-state index in [1.807, 2.05) is 12.2 Å². The molecule has 0 nitrogen and oxygen atoms in total. The van der Waals surface area contributed by atoms with E-state index in [1.54, 1.807) is 0 Å². The van der Waals surface area contributed by atoms with Crippen LogP contribution in [0.3, 0.4) is 0 Å². The molecule has 0 unspecified atom stereocenters. The smallest absolute Gasteiger partial charge is 0.347 e. The molecule has 4 heteroatoms. The SMILES string of the molecule is Cl[CH-]C(Cl)Cl.[C-]1=CC=CC1.[Ti+2]. The van der Waals surface area contributed by atoms with Gasteiger partial charge >= 0.3 is 21.7 Å². The Morgan fingerprint density at radius 2 is 2.00 bits per heavy atom. The Morgan fingerprint density at radius 1 is 1.45 bits per heavy atom. The topological polar surface area (TPSA) is 0 Å². The molecule has 0 saturated carbocycles. The summed E-state index contributed by atoms with van der Waals surface area (Å²) < 4.78 is 0. The van der Waals surface area contributed by atoms with Crippen molar-refractivity contribution in [1.82, 2.24) is 0 Å². The van der Waals surface area contributed by atoms with Crippen molar-refractivity contribution >= 4 is 34.8 Å². The van der Waals surface area contributed by atoms with E-state index >= 15 is 0 Å². The molecule has 1 aliphatic carbocycles. The van der Waals surface area contributed by atoms with Gasteiger partial charge in [-0.05, 0) is 4.84 Å². The minimum absolute atomic E-state index is 0. The van der Waals surface area contributed by atoms with Crippen LogP contribution in [0.15, 0.2) is 18.2 Å². The van der Waals surface area contributed by atoms with Gasteiger partial charge < -0.3 is 11.6 Å². The van der Waals surface area contributed by atoms with Gasteiger partial charge in [-0.3, -0.25) is 6.08 Å². The molecule has 0 radical (unpaired) electrons. The van der Waals surface area contributed by atoms with Crippen LogP contribution >= 0.6 is 34.8 Å². The second-order valence-corrected chi connectivity index (χ2v) is 2.88. The first-order chi connectivity index (χ1) is 4.77. The molecule has 60 valence electrons. The molecule has 0 spiro atoms. The van der Waals surface area contributed by atoms with Gasteiger partial charge in [0.25, 0.3) is 0 Å². The van der Waals surface area contributed by atoms with Gasteiger partial charge in [0.15, 0.2) is 0 Å². The second kappa shape index (κ2) is 11.1. The maximum atomic E-state index is 5.04. The minimum atomic E-state index is -0.531. The molecule has 0 aromatic rings. The van der Waals surface area contributed by atoms with Crippen molar-refractivity contribution in [2.75, 3.05) is 0 Å². The molecule has 0 bridgehead atoms. The van der Waals surface area contributed by atoms with Gasteiger partial charge in [-0.25, -0.2) is 18.0 Å². The summed E-state index contributed by atoms with van der Waals surface area (Å²) in [6.07, 6.45) is 10.0. The van der Waals surface area contributed by atoms with E-state index in [0.717, 1.165) is 6.42 Å². The standard InChI is InChI=1S/C5H5.C2H2Cl3.Ti/c1-2-4-5-3-1;3-1-2(4)5;/h1-3H,4H2;1-2H;/q2*-1;+2. The van der Waals surface area contributed by atoms with Gasteiger partial charge in [0.05, 0.1) is 0 Å². The Hall–Kier alpha value is 1.06. The summed E-state index contributed by atoms with van der Waals surface area (Å²) in [6, 6.07) is 0. The first-order valence-electron chi connectivity index (χ1n) is 2.71. The van der Waals surface area contributed by atoms with Crippen molar-refractivity contribution in [1.29, 1.82) is 0 Å². The maximum Gasteiger partial charge on any atom is 2.00 e. The normalized spacial score (nSPS) is 12.4. The monoisotopic (exact) mass is 244 g/mol. The molecule has 0 saturated heterocycles. The van der Waals surface area contributed by atoms with E-state index in [-0.39, 0.29) is 21.7 Å². The number of rotatable bonds is 1. The largest absolute Gasteiger partial charge is 2.00 e. The van der Waals surface area contributed by atoms with Gasteiger partial charge in [0.1, 0.15) is 0 Å². The Kier molecular flexibility index (Phi) is 14.7. The van der Waals surface area contributed by atoms with E-state index in [2.05, 4.69) is 12.2 Å². The first-order valence-corrected chi connectivity index (χ1v) is 4.01. The second-order valence-electron chi connectivity index (χ2n) is 1.46. The zero-order valence-electron chi connectivity index (χ0n) is 5.73. The van der Waals surface area contributed by atoms with Crippen LogP contribution in [0.4, 0.5) is 0 Å². The van der Waals surface area contributed by atoms with Gasteiger partial charge in [0.2, 0.25) is 0 Å². The Bertz CT molecular complexity index is 111. The molecular formula is C7H7Cl3Ti. The third kappa shape index (κ3) is 14.0. The molecular weight excluding hydrogens is 238 g/mol. The van der Waals surface area contributed by atoms with Crippen LogP contribution < -0.4 is 0 Å². The van der Waals surface area contributed by atoms with Crippen molar-refractivity contribution in [2.24, 2.45) is 0 Å². The van der Waals surface area contributed by atoms with Crippen molar-refractivity contribution in [3.8, 4) is 0 Å². The van der Waals surface area contributed by atoms with E-state index in [9.17, 15) is 0 Å². The number of allylic oxidation sites excluding steroid dienone is 4. The minimum Gasteiger partial charge on any atom is -0.347 e. The molecule has 0 atom stereocenters. The molecule has 0 N–H and O–H groups in total. The van der Waals surface area contributed by atoms with Gasteiger partial charge in [-0.15, -0.1) is 29.6 Å². The van der Waals surface area contributed by atoms with E-state index in [0.29, 0.717) is 0 Å². The van der Waals surface area contributed by atoms with Crippen molar-refractivity contribution in [3.05, 3.63) is 30.2 Å². The Balaban J connectivity index is 0. The summed E-state index contributed by atoms with van der Waals surface area (Å²) in [5, 5.41) is 0. The third-order valence-electron chi connectivity index (χ3n) is 0.681. The molecule has 1 rings (SSSR count). The predicted molar refractivity (Wildman–Crippen MR) is 47.2 cm³/mol. The molecule has 0 aliphatic heterocycles. The van der Waals surface area contributed by atoms with Crippen molar-refractivity contribution in [2.45, 2.75) is 11.3 Å². The van der Waals surface area contributed by atoms with Crippen LogP contribution in [-0.2, 0) is 21.7 Å². The predicted octanol–water partition coefficient (Wildman–Crippen LogP) is 3.49. The molecule has 0 aromatic heterocycles. The number of alkyl halides is 2. The van der Waals surface area contributed by atoms with E-state index < -0.39 is 4.84 Å². The summed E-state index contributed by atoms with van der Waals surface area (Å²) in [4.78, 5) is -0.531. The molecule has 11 heavy (non-hydrogen) atoms. The van der Waals surface area contributed by atoms with Crippen LogP contribution in [0, 0.1) is 12.0 Å². The maximum absolute atomic E-state index is 5.04. The van der Waals surface area contributed by atoms with Gasteiger partial charge in [0, 0.05) is 0 Å². The summed E-state index contributed by atoms with van der Waals surface area (Å²) >= 11 is 15.0. The first kappa shape index (κ1) is 14.6. The molecule has 0 heterocycles. The molecule has 1 aliphatic rings. The number of halogens is 3. The zero-order chi connectivity index (χ0) is 7.82. The molecule has 0 aromatic carbocycles. The summed E-state index contributed by atoms with van der Waals surface area (Å²) in [5.74, 6) is 1.17. The summed E-state index contributed by atoms with van der Waals surface area (Å²) in [6.45, 7) is 0. The molecule has 0 fully saturated rings. The summed E-state index contributed by atoms with van der Waals surface area (Å²) in [7, 11) is 0. The van der Waals surface area contributed by atoms with Crippen LogP contribution in [0.25, 0.3) is 0 Å². The summed E-state index contributed by atoms with van der Waals surface area (Å²) in [5.41, 5.74) is 0. The van der Waals surface area contributed by atoms with Crippen molar-refractivity contribution < 1.29 is 21.7 Å². The fourth-order valence-corrected chi connectivity index (χ4v) is 0.340. The number of hydrogen-bond donors (Lipinski definition) is 0. The van der Waals surface area contributed by atoms with Gasteiger partial charge in [-0.1, -0.05) is 0 Å². The van der Waals surface area contributed by atoms with Crippen LogP contribution in [0.5, 0.6) is 0 Å². The average Bonchev–Trinajstić information content (AvgIpc) is 2.43. The van der Waals surface area contributed by atoms with Crippen molar-refractivity contribution in [3.63, 3.8) is 0 Å². The Labute approximate surface area is 97.5 Å². The van der Waals surface area contributed by atoms with Crippen LogP contribution in [0.1, 0.15) is 6.42 Å². The fourth-order valence-electron chi connectivity index (χ4n) is 0.340. The quantitative estimate of drug-likeness (QED) is 0.377. The molecule has 0 amide bonds. The van der Waals surface area contributed by atoms with E-state index in [1.165, 1.54) is 5.88 Å². The van der Waals surface area contributed by atoms with E-state index in [4.69, 9.17) is 34.8 Å². The third-order valence-corrected chi connectivity index (χ3v) is 1.44. The zero-order valence-corrected chi connectivity index (χ0v) is 9.56. The average molecular weight is 245 g/mol. The number of hydrogen-bond acceptors (Lipinski definition) is 0.